The summed E-state index contributed by atoms with van der Waals surface area (Å²) in [4.78, 5) is 13.8. The molecular weight excluding hydrogens is 436 g/mol. The highest BCUT2D eigenvalue weighted by Gasteiger charge is 2.49. The standard InChI is InChI=1S/C35H42O/c1-23(2)34(7,21-28-12-9-24(3)10-13-28)22-33(36)35(8)16-15-31(35)20-29-19-30(18-26(29)5)32-14-11-25(4)17-27(32)6/h9-14,17,19-20,31H,1,5,15-16,18,21-22H2,2-4,6-8H3/t31?,34-,35-/m1/s1. The molecule has 36 heavy (non-hydrogen) atoms. The minimum atomic E-state index is -0.312. The van der Waals surface area contributed by atoms with Crippen molar-refractivity contribution in [3.63, 3.8) is 0 Å². The molecule has 2 aliphatic rings. The van der Waals surface area contributed by atoms with Crippen molar-refractivity contribution < 1.29 is 4.79 Å². The summed E-state index contributed by atoms with van der Waals surface area (Å²) in [6.45, 7) is 21.6. The van der Waals surface area contributed by atoms with Crippen molar-refractivity contribution >= 4 is 11.4 Å². The van der Waals surface area contributed by atoms with Crippen LogP contribution in [0.1, 0.15) is 74.3 Å². The second-order valence-corrected chi connectivity index (χ2v) is 12.1. The highest BCUT2D eigenvalue weighted by Crippen LogP contribution is 2.52. The molecule has 0 saturated heterocycles. The Morgan fingerprint density at radius 2 is 1.78 bits per heavy atom. The van der Waals surface area contributed by atoms with Crippen LogP contribution in [0, 0.1) is 37.5 Å². The summed E-state index contributed by atoms with van der Waals surface area (Å²) < 4.78 is 0. The Bertz CT molecular complexity index is 1270. The molecular formula is C35H42O. The Morgan fingerprint density at radius 1 is 1.11 bits per heavy atom. The van der Waals surface area contributed by atoms with Crippen LogP contribution in [0.4, 0.5) is 0 Å². The van der Waals surface area contributed by atoms with Gasteiger partial charge in [0, 0.05) is 11.8 Å². The van der Waals surface area contributed by atoms with Crippen LogP contribution < -0.4 is 0 Å². The predicted octanol–water partition coefficient (Wildman–Crippen LogP) is 9.08. The van der Waals surface area contributed by atoms with Crippen LogP contribution in [0.2, 0.25) is 0 Å². The van der Waals surface area contributed by atoms with Crippen molar-refractivity contribution in [1.29, 1.82) is 0 Å². The van der Waals surface area contributed by atoms with E-state index in [1.807, 2.05) is 0 Å². The largest absolute Gasteiger partial charge is 0.299 e. The summed E-state index contributed by atoms with van der Waals surface area (Å²) in [6.07, 6.45) is 8.94. The molecule has 1 nitrogen and oxygen atoms in total. The minimum Gasteiger partial charge on any atom is -0.299 e. The maximum absolute atomic E-state index is 13.8. The van der Waals surface area contributed by atoms with Crippen molar-refractivity contribution in [3.05, 3.63) is 112 Å². The van der Waals surface area contributed by atoms with Crippen molar-refractivity contribution in [2.24, 2.45) is 16.7 Å². The van der Waals surface area contributed by atoms with Crippen molar-refractivity contribution in [3.8, 4) is 0 Å². The summed E-state index contributed by atoms with van der Waals surface area (Å²) in [5, 5.41) is 0. The maximum Gasteiger partial charge on any atom is 0.140 e. The van der Waals surface area contributed by atoms with Gasteiger partial charge in [0.15, 0.2) is 0 Å². The van der Waals surface area contributed by atoms with E-state index in [0.29, 0.717) is 12.2 Å². The lowest BCUT2D eigenvalue weighted by Crippen LogP contribution is -2.45. The van der Waals surface area contributed by atoms with Crippen LogP contribution in [-0.4, -0.2) is 5.78 Å². The number of Topliss-reactive ketones (excluding diaryl/α,β-unsaturated/α-hetero) is 1. The second kappa shape index (κ2) is 9.85. The van der Waals surface area contributed by atoms with Crippen LogP contribution in [0.15, 0.2) is 84.5 Å². The molecule has 2 aliphatic carbocycles. The lowest BCUT2D eigenvalue weighted by molar-refractivity contribution is -0.137. The van der Waals surface area contributed by atoms with Crippen molar-refractivity contribution in [2.75, 3.05) is 0 Å². The second-order valence-electron chi connectivity index (χ2n) is 12.1. The number of allylic oxidation sites excluding steroid dienone is 6. The third kappa shape index (κ3) is 5.12. The smallest absolute Gasteiger partial charge is 0.140 e. The molecule has 0 N–H and O–H groups in total. The van der Waals surface area contributed by atoms with Gasteiger partial charge < -0.3 is 0 Å². The van der Waals surface area contributed by atoms with Gasteiger partial charge in [0.05, 0.1) is 0 Å². The molecule has 0 aliphatic heterocycles. The molecule has 188 valence electrons. The normalized spacial score (nSPS) is 24.3. The lowest BCUT2D eigenvalue weighted by Gasteiger charge is -2.46. The van der Waals surface area contributed by atoms with Gasteiger partial charge in [-0.1, -0.05) is 98.3 Å². The first-order valence-electron chi connectivity index (χ1n) is 13.3. The number of carbonyl (C=O) groups excluding carboxylic acids is 1. The summed E-state index contributed by atoms with van der Waals surface area (Å²) in [5.41, 5.74) is 10.7. The van der Waals surface area contributed by atoms with Crippen LogP contribution in [0.5, 0.6) is 0 Å². The Hall–Kier alpha value is -2.93. The first kappa shape index (κ1) is 26.1. The van der Waals surface area contributed by atoms with Crippen LogP contribution in [0.25, 0.3) is 5.57 Å². The highest BCUT2D eigenvalue weighted by molar-refractivity contribution is 5.87. The Labute approximate surface area is 218 Å². The van der Waals surface area contributed by atoms with E-state index in [0.717, 1.165) is 36.8 Å². The van der Waals surface area contributed by atoms with E-state index < -0.39 is 0 Å². The molecule has 4 rings (SSSR count). The average molecular weight is 479 g/mol. The van der Waals surface area contributed by atoms with Gasteiger partial charge in [-0.2, -0.15) is 0 Å². The molecule has 1 saturated carbocycles. The van der Waals surface area contributed by atoms with Crippen molar-refractivity contribution in [2.45, 2.75) is 73.6 Å². The zero-order valence-electron chi connectivity index (χ0n) is 23.1. The number of aryl methyl sites for hydroxylation is 3. The summed E-state index contributed by atoms with van der Waals surface area (Å²) >= 11 is 0. The van der Waals surface area contributed by atoms with Crippen molar-refractivity contribution in [1.82, 2.24) is 0 Å². The summed E-state index contributed by atoms with van der Waals surface area (Å²) in [5.74, 6) is 0.635. The van der Waals surface area contributed by atoms with E-state index in [9.17, 15) is 4.79 Å². The molecule has 2 aromatic carbocycles. The number of hydrogen-bond donors (Lipinski definition) is 0. The first-order valence-corrected chi connectivity index (χ1v) is 13.3. The minimum absolute atomic E-state index is 0.240. The Kier molecular flexibility index (Phi) is 7.15. The molecule has 3 atom stereocenters. The monoisotopic (exact) mass is 478 g/mol. The number of carbonyl (C=O) groups is 1. The first-order chi connectivity index (χ1) is 16.9. The van der Waals surface area contributed by atoms with E-state index in [1.54, 1.807) is 0 Å². The lowest BCUT2D eigenvalue weighted by atomic mass is 9.56. The van der Waals surface area contributed by atoms with Gasteiger partial charge in [0.25, 0.3) is 0 Å². The summed E-state index contributed by atoms with van der Waals surface area (Å²) in [7, 11) is 0. The molecule has 0 spiro atoms. The predicted molar refractivity (Wildman–Crippen MR) is 154 cm³/mol. The Balaban J connectivity index is 1.53. The topological polar surface area (TPSA) is 17.1 Å². The molecule has 0 heterocycles. The molecule has 1 heteroatoms. The van der Waals surface area contributed by atoms with E-state index in [-0.39, 0.29) is 16.7 Å². The van der Waals surface area contributed by atoms with Gasteiger partial charge in [0.2, 0.25) is 0 Å². The summed E-state index contributed by atoms with van der Waals surface area (Å²) in [6, 6.07) is 15.3. The number of hydrogen-bond acceptors (Lipinski definition) is 1. The molecule has 0 bridgehead atoms. The fraction of sp³-hybridized carbons (Fsp3) is 0.400. The molecule has 0 radical (unpaired) electrons. The van der Waals surface area contributed by atoms with Gasteiger partial charge >= 0.3 is 0 Å². The quantitative estimate of drug-likeness (QED) is 0.346. The van der Waals surface area contributed by atoms with E-state index >= 15 is 0 Å². The maximum atomic E-state index is 13.8. The average Bonchev–Trinajstić information content (AvgIpc) is 3.17. The SMILES string of the molecule is C=C1CC(c2ccc(C)cc2C)=CC1=CC1CC[C@@]1(C)C(=O)C[C@@](C)(Cc1ccc(C)cc1)C(=C)C. The molecule has 1 unspecified atom stereocenters. The zero-order chi connectivity index (χ0) is 26.3. The van der Waals surface area contributed by atoms with Gasteiger partial charge in [-0.15, -0.1) is 0 Å². The molecule has 2 aromatic rings. The van der Waals surface area contributed by atoms with Gasteiger partial charge in [-0.3, -0.25) is 4.79 Å². The van der Waals surface area contributed by atoms with E-state index in [1.165, 1.54) is 39.0 Å². The number of benzene rings is 2. The third-order valence-electron chi connectivity index (χ3n) is 8.98. The van der Waals surface area contributed by atoms with Gasteiger partial charge in [0.1, 0.15) is 5.78 Å². The molecule has 0 aromatic heterocycles. The molecule has 0 amide bonds. The van der Waals surface area contributed by atoms with Gasteiger partial charge in [-0.25, -0.2) is 0 Å². The molecule has 1 fully saturated rings. The van der Waals surface area contributed by atoms with Crippen LogP contribution in [-0.2, 0) is 11.2 Å². The fourth-order valence-corrected chi connectivity index (χ4v) is 5.84. The van der Waals surface area contributed by atoms with E-state index in [4.69, 9.17) is 0 Å². The van der Waals surface area contributed by atoms with Crippen LogP contribution >= 0.6 is 0 Å². The van der Waals surface area contributed by atoms with Crippen LogP contribution in [0.3, 0.4) is 0 Å². The highest BCUT2D eigenvalue weighted by atomic mass is 16.1. The van der Waals surface area contributed by atoms with Gasteiger partial charge in [-0.05, 0) is 98.1 Å². The Morgan fingerprint density at radius 3 is 2.36 bits per heavy atom. The fourth-order valence-electron chi connectivity index (χ4n) is 5.84. The third-order valence-corrected chi connectivity index (χ3v) is 8.98. The number of rotatable bonds is 8. The zero-order valence-corrected chi connectivity index (χ0v) is 23.1. The van der Waals surface area contributed by atoms with E-state index in [2.05, 4.69) is 109 Å². The number of ketones is 1.